The Morgan fingerprint density at radius 3 is 2.30 bits per heavy atom. The molecule has 3 aromatic rings. The second-order valence-corrected chi connectivity index (χ2v) is 6.29. The molecule has 5 nitrogen and oxygen atoms in total. The number of nitrogens with two attached hydrogens (primary N) is 1. The summed E-state index contributed by atoms with van der Waals surface area (Å²) in [6, 6.07) is 12.0. The van der Waals surface area contributed by atoms with E-state index in [2.05, 4.69) is 0 Å². The monoisotopic (exact) mass is 371 g/mol. The Hall–Kier alpha value is -3.22. The van der Waals surface area contributed by atoms with Gasteiger partial charge in [-0.3, -0.25) is 13.9 Å². The highest BCUT2D eigenvalue weighted by molar-refractivity contribution is 5.46. The van der Waals surface area contributed by atoms with Gasteiger partial charge in [0.15, 0.2) is 0 Å². The summed E-state index contributed by atoms with van der Waals surface area (Å²) in [6.45, 7) is 1.38. The van der Waals surface area contributed by atoms with Gasteiger partial charge in [0.25, 0.3) is 5.56 Å². The lowest BCUT2D eigenvalue weighted by Gasteiger charge is -2.14. The Kier molecular flexibility index (Phi) is 5.21. The van der Waals surface area contributed by atoms with Crippen molar-refractivity contribution in [3.63, 3.8) is 0 Å². The average Bonchev–Trinajstić information content (AvgIpc) is 2.62. The predicted octanol–water partition coefficient (Wildman–Crippen LogP) is 2.47. The van der Waals surface area contributed by atoms with Crippen molar-refractivity contribution >= 4 is 5.69 Å². The molecule has 7 heteroatoms. The number of para-hydroxylation sites is 1. The van der Waals surface area contributed by atoms with Crippen LogP contribution in [0.1, 0.15) is 16.8 Å². The molecule has 0 aliphatic rings. The summed E-state index contributed by atoms with van der Waals surface area (Å²) in [5.41, 5.74) is 6.33. The fourth-order valence-corrected chi connectivity index (χ4v) is 2.96. The van der Waals surface area contributed by atoms with Crippen molar-refractivity contribution in [2.75, 3.05) is 5.73 Å². The summed E-state index contributed by atoms with van der Waals surface area (Å²) < 4.78 is 30.2. The van der Waals surface area contributed by atoms with Crippen molar-refractivity contribution in [1.29, 1.82) is 0 Å². The largest absolute Gasteiger partial charge is 0.399 e. The normalized spacial score (nSPS) is 10.9. The van der Waals surface area contributed by atoms with Gasteiger partial charge in [0.1, 0.15) is 11.6 Å². The van der Waals surface area contributed by atoms with Crippen molar-refractivity contribution in [1.82, 2.24) is 9.13 Å². The number of anilines is 1. The Bertz CT molecular complexity index is 1080. The smallest absolute Gasteiger partial charge is 0.331 e. The molecular weight excluding hydrogens is 352 g/mol. The third-order valence-corrected chi connectivity index (χ3v) is 4.52. The van der Waals surface area contributed by atoms with Crippen LogP contribution in [0.4, 0.5) is 14.5 Å². The molecule has 1 heterocycles. The lowest BCUT2D eigenvalue weighted by atomic mass is 10.1. The van der Waals surface area contributed by atoms with E-state index in [1.54, 1.807) is 19.1 Å². The maximum atomic E-state index is 14.0. The number of rotatable bonds is 5. The first-order valence-corrected chi connectivity index (χ1v) is 8.46. The molecule has 0 amide bonds. The molecule has 2 aromatic carbocycles. The van der Waals surface area contributed by atoms with Crippen LogP contribution in [0, 0.1) is 18.6 Å². The van der Waals surface area contributed by atoms with E-state index in [4.69, 9.17) is 5.73 Å². The molecule has 0 aliphatic carbocycles. The van der Waals surface area contributed by atoms with Gasteiger partial charge in [0.2, 0.25) is 0 Å². The van der Waals surface area contributed by atoms with Crippen molar-refractivity contribution in [2.24, 2.45) is 0 Å². The number of aryl methyl sites for hydroxylation is 2. The van der Waals surface area contributed by atoms with Crippen LogP contribution in [0.3, 0.4) is 0 Å². The topological polar surface area (TPSA) is 70.0 Å². The Morgan fingerprint density at radius 1 is 0.963 bits per heavy atom. The first-order valence-electron chi connectivity index (χ1n) is 8.46. The van der Waals surface area contributed by atoms with Gasteiger partial charge < -0.3 is 5.73 Å². The van der Waals surface area contributed by atoms with Crippen LogP contribution in [0.2, 0.25) is 0 Å². The number of hydrogen-bond donors (Lipinski definition) is 1. The minimum Gasteiger partial charge on any atom is -0.399 e. The number of halogens is 2. The summed E-state index contributed by atoms with van der Waals surface area (Å²) in [4.78, 5) is 25.1. The number of nitrogen functional groups attached to an aromatic ring is 1. The second-order valence-electron chi connectivity index (χ2n) is 6.29. The number of hydrogen-bond acceptors (Lipinski definition) is 3. The third-order valence-electron chi connectivity index (χ3n) is 4.52. The quantitative estimate of drug-likeness (QED) is 0.701. The molecule has 0 aliphatic heterocycles. The Labute approximate surface area is 154 Å². The minimum absolute atomic E-state index is 0.117. The van der Waals surface area contributed by atoms with Crippen LogP contribution >= 0.6 is 0 Å². The molecule has 0 radical (unpaired) electrons. The molecule has 0 saturated carbocycles. The maximum absolute atomic E-state index is 14.0. The molecule has 0 atom stereocenters. The summed E-state index contributed by atoms with van der Waals surface area (Å²) in [5, 5.41) is 0. The average molecular weight is 371 g/mol. The van der Waals surface area contributed by atoms with Gasteiger partial charge in [-0.15, -0.1) is 0 Å². The molecule has 2 N–H and O–H groups in total. The highest BCUT2D eigenvalue weighted by Gasteiger charge is 2.14. The predicted molar refractivity (Wildman–Crippen MR) is 99.7 cm³/mol. The van der Waals surface area contributed by atoms with E-state index in [1.165, 1.54) is 16.7 Å². The van der Waals surface area contributed by atoms with Crippen LogP contribution in [-0.4, -0.2) is 9.13 Å². The Morgan fingerprint density at radius 2 is 1.63 bits per heavy atom. The van der Waals surface area contributed by atoms with Crippen LogP contribution in [0.15, 0.2) is 58.1 Å². The zero-order valence-electron chi connectivity index (χ0n) is 14.8. The lowest BCUT2D eigenvalue weighted by molar-refractivity contribution is 0.517. The van der Waals surface area contributed by atoms with Gasteiger partial charge in [-0.2, -0.15) is 0 Å². The van der Waals surface area contributed by atoms with E-state index >= 15 is 0 Å². The third kappa shape index (κ3) is 3.81. The molecule has 1 aromatic heterocycles. The number of aromatic nitrogens is 2. The molecule has 3 rings (SSSR count). The molecule has 140 valence electrons. The molecule has 0 fully saturated rings. The van der Waals surface area contributed by atoms with Crippen molar-refractivity contribution < 1.29 is 8.78 Å². The summed E-state index contributed by atoms with van der Waals surface area (Å²) in [5.74, 6) is -1.48. The van der Waals surface area contributed by atoms with Crippen LogP contribution in [0.25, 0.3) is 0 Å². The lowest BCUT2D eigenvalue weighted by Crippen LogP contribution is -2.41. The van der Waals surface area contributed by atoms with E-state index in [9.17, 15) is 18.4 Å². The van der Waals surface area contributed by atoms with Gasteiger partial charge in [-0.05, 0) is 37.1 Å². The van der Waals surface area contributed by atoms with E-state index < -0.39 is 22.9 Å². The van der Waals surface area contributed by atoms with Gasteiger partial charge in [-0.1, -0.05) is 24.3 Å². The second kappa shape index (κ2) is 7.57. The molecule has 27 heavy (non-hydrogen) atoms. The van der Waals surface area contributed by atoms with Crippen molar-refractivity contribution in [3.05, 3.63) is 97.8 Å². The van der Waals surface area contributed by atoms with Gasteiger partial charge in [0.05, 0.1) is 6.54 Å². The van der Waals surface area contributed by atoms with E-state index in [1.807, 2.05) is 12.1 Å². The first kappa shape index (κ1) is 18.6. The number of benzene rings is 2. The van der Waals surface area contributed by atoms with E-state index in [0.29, 0.717) is 17.8 Å². The SMILES string of the molecule is Cc1cc(=O)n(CCc2ccccc2N)c(=O)n1Cc1c(F)cccc1F. The van der Waals surface area contributed by atoms with Crippen molar-refractivity contribution in [3.8, 4) is 0 Å². The number of nitrogens with zero attached hydrogens (tertiary/aromatic N) is 2. The molecule has 0 unspecified atom stereocenters. The fraction of sp³-hybridized carbons (Fsp3) is 0.200. The standard InChI is InChI=1S/C20H19F2N3O2/c1-13-11-19(26)24(10-9-14-5-2-3-8-18(14)23)20(27)25(13)12-15-16(21)6-4-7-17(15)22/h2-8,11H,9-10,12,23H2,1H3. The van der Waals surface area contributed by atoms with Gasteiger partial charge in [0, 0.05) is 29.6 Å². The zero-order chi connectivity index (χ0) is 19.6. The van der Waals surface area contributed by atoms with Crippen LogP contribution < -0.4 is 17.0 Å². The van der Waals surface area contributed by atoms with E-state index in [0.717, 1.165) is 22.3 Å². The molecule has 0 saturated heterocycles. The summed E-state index contributed by atoms with van der Waals surface area (Å²) >= 11 is 0. The highest BCUT2D eigenvalue weighted by Crippen LogP contribution is 2.14. The van der Waals surface area contributed by atoms with Crippen LogP contribution in [-0.2, 0) is 19.5 Å². The first-order chi connectivity index (χ1) is 12.9. The molecular formula is C20H19F2N3O2. The molecule has 0 bridgehead atoms. The minimum atomic E-state index is -0.740. The van der Waals surface area contributed by atoms with Gasteiger partial charge >= 0.3 is 5.69 Å². The van der Waals surface area contributed by atoms with Crippen LogP contribution in [0.5, 0.6) is 0 Å². The summed E-state index contributed by atoms with van der Waals surface area (Å²) in [6.07, 6.45) is 0.388. The van der Waals surface area contributed by atoms with E-state index in [-0.39, 0.29) is 18.7 Å². The zero-order valence-corrected chi connectivity index (χ0v) is 14.8. The summed E-state index contributed by atoms with van der Waals surface area (Å²) in [7, 11) is 0. The van der Waals surface area contributed by atoms with Crippen molar-refractivity contribution in [2.45, 2.75) is 26.4 Å². The van der Waals surface area contributed by atoms with Gasteiger partial charge in [-0.25, -0.2) is 13.6 Å². The Balaban J connectivity index is 1.97. The fourth-order valence-electron chi connectivity index (χ4n) is 2.96. The molecule has 0 spiro atoms. The maximum Gasteiger partial charge on any atom is 0.331 e. The highest BCUT2D eigenvalue weighted by atomic mass is 19.1.